The van der Waals surface area contributed by atoms with Crippen molar-refractivity contribution in [1.82, 2.24) is 19.4 Å². The van der Waals surface area contributed by atoms with Crippen LogP contribution in [0.25, 0.3) is 0 Å². The molecule has 1 unspecified atom stereocenters. The van der Waals surface area contributed by atoms with Crippen molar-refractivity contribution in [3.8, 4) is 0 Å². The van der Waals surface area contributed by atoms with Gasteiger partial charge in [0.1, 0.15) is 0 Å². The molecule has 0 amide bonds. The smallest absolute Gasteiger partial charge is 0.0951 e. The summed E-state index contributed by atoms with van der Waals surface area (Å²) in [7, 11) is 0. The number of nitrogens with one attached hydrogen (secondary N) is 1. The Labute approximate surface area is 128 Å². The molecular weight excluding hydrogens is 260 g/mol. The molecule has 2 rings (SSSR count). The van der Waals surface area contributed by atoms with Gasteiger partial charge in [-0.1, -0.05) is 13.8 Å². The third kappa shape index (κ3) is 3.97. The van der Waals surface area contributed by atoms with Gasteiger partial charge >= 0.3 is 0 Å². The van der Waals surface area contributed by atoms with Crippen LogP contribution < -0.4 is 5.32 Å². The molecular formula is C17H28N4. The standard InChI is InChI=1S/C17H28N4/c1-5-8-19-17(6-2)15-7-9-20(11-15)12-16-10-18-13-21(16)14(3)4/h7,9-11,13-14,17,19H,5-6,8,12H2,1-4H3. The summed E-state index contributed by atoms with van der Waals surface area (Å²) >= 11 is 0. The summed E-state index contributed by atoms with van der Waals surface area (Å²) in [6.07, 6.45) is 10.6. The topological polar surface area (TPSA) is 34.8 Å². The first-order valence-corrected chi connectivity index (χ1v) is 8.05. The number of aromatic nitrogens is 3. The minimum absolute atomic E-state index is 0.451. The number of rotatable bonds is 8. The van der Waals surface area contributed by atoms with Crippen molar-refractivity contribution in [2.24, 2.45) is 0 Å². The fourth-order valence-corrected chi connectivity index (χ4v) is 2.69. The molecule has 0 aliphatic carbocycles. The van der Waals surface area contributed by atoms with E-state index in [-0.39, 0.29) is 0 Å². The first kappa shape index (κ1) is 15.8. The minimum atomic E-state index is 0.451. The summed E-state index contributed by atoms with van der Waals surface area (Å²) < 4.78 is 4.48. The van der Waals surface area contributed by atoms with Crippen LogP contribution >= 0.6 is 0 Å². The molecule has 0 spiro atoms. The van der Waals surface area contributed by atoms with Crippen molar-refractivity contribution in [1.29, 1.82) is 0 Å². The summed E-state index contributed by atoms with van der Waals surface area (Å²) in [4.78, 5) is 4.28. The van der Waals surface area contributed by atoms with E-state index in [4.69, 9.17) is 0 Å². The van der Waals surface area contributed by atoms with Crippen LogP contribution in [0.1, 0.15) is 63.9 Å². The summed E-state index contributed by atoms with van der Waals surface area (Å²) in [6, 6.07) is 3.14. The van der Waals surface area contributed by atoms with Gasteiger partial charge in [-0.05, 0) is 44.9 Å². The maximum absolute atomic E-state index is 4.28. The molecule has 0 saturated carbocycles. The molecule has 4 heteroatoms. The van der Waals surface area contributed by atoms with Crippen LogP contribution in [-0.4, -0.2) is 20.7 Å². The van der Waals surface area contributed by atoms with Crippen molar-refractivity contribution < 1.29 is 0 Å². The monoisotopic (exact) mass is 288 g/mol. The molecule has 0 bridgehead atoms. The highest BCUT2D eigenvalue weighted by molar-refractivity contribution is 5.16. The van der Waals surface area contributed by atoms with E-state index in [0.29, 0.717) is 12.1 Å². The van der Waals surface area contributed by atoms with Crippen LogP contribution in [0.15, 0.2) is 31.0 Å². The first-order chi connectivity index (χ1) is 10.2. The van der Waals surface area contributed by atoms with Crippen LogP contribution in [0.4, 0.5) is 0 Å². The van der Waals surface area contributed by atoms with Crippen molar-refractivity contribution in [2.75, 3.05) is 6.54 Å². The fraction of sp³-hybridized carbons (Fsp3) is 0.588. The highest BCUT2D eigenvalue weighted by Gasteiger charge is 2.11. The molecule has 1 N–H and O–H groups in total. The molecule has 21 heavy (non-hydrogen) atoms. The molecule has 116 valence electrons. The van der Waals surface area contributed by atoms with Gasteiger partial charge in [-0.3, -0.25) is 0 Å². The molecule has 0 fully saturated rings. The van der Waals surface area contributed by atoms with Gasteiger partial charge in [-0.15, -0.1) is 0 Å². The molecule has 2 aromatic heterocycles. The molecule has 0 aliphatic rings. The molecule has 2 aromatic rings. The quantitative estimate of drug-likeness (QED) is 0.802. The second kappa shape index (κ2) is 7.46. The van der Waals surface area contributed by atoms with E-state index in [1.807, 2.05) is 12.5 Å². The molecule has 2 heterocycles. The van der Waals surface area contributed by atoms with E-state index >= 15 is 0 Å². The van der Waals surface area contributed by atoms with Crippen molar-refractivity contribution in [3.05, 3.63) is 42.2 Å². The van der Waals surface area contributed by atoms with Crippen molar-refractivity contribution in [3.63, 3.8) is 0 Å². The Morgan fingerprint density at radius 2 is 2.10 bits per heavy atom. The van der Waals surface area contributed by atoms with Gasteiger partial charge < -0.3 is 14.5 Å². The maximum Gasteiger partial charge on any atom is 0.0951 e. The Morgan fingerprint density at radius 1 is 1.29 bits per heavy atom. The van der Waals surface area contributed by atoms with Crippen LogP contribution in [0.3, 0.4) is 0 Å². The fourth-order valence-electron chi connectivity index (χ4n) is 2.69. The van der Waals surface area contributed by atoms with Crippen LogP contribution in [0.2, 0.25) is 0 Å². The average molecular weight is 288 g/mol. The second-order valence-electron chi connectivity index (χ2n) is 5.92. The Hall–Kier alpha value is -1.55. The molecule has 4 nitrogen and oxygen atoms in total. The van der Waals surface area contributed by atoms with E-state index in [9.17, 15) is 0 Å². The highest BCUT2D eigenvalue weighted by Crippen LogP contribution is 2.18. The van der Waals surface area contributed by atoms with E-state index in [1.54, 1.807) is 0 Å². The van der Waals surface area contributed by atoms with E-state index in [0.717, 1.165) is 19.5 Å². The summed E-state index contributed by atoms with van der Waals surface area (Å²) in [5.74, 6) is 0. The number of imidazole rings is 1. The van der Waals surface area contributed by atoms with Gasteiger partial charge in [-0.2, -0.15) is 0 Å². The lowest BCUT2D eigenvalue weighted by atomic mass is 10.1. The maximum atomic E-state index is 4.28. The summed E-state index contributed by atoms with van der Waals surface area (Å²) in [6.45, 7) is 10.8. The van der Waals surface area contributed by atoms with E-state index in [2.05, 4.69) is 65.6 Å². The van der Waals surface area contributed by atoms with Crippen molar-refractivity contribution in [2.45, 2.75) is 59.2 Å². The van der Waals surface area contributed by atoms with Crippen LogP contribution in [0.5, 0.6) is 0 Å². The third-order valence-electron chi connectivity index (χ3n) is 3.87. The normalized spacial score (nSPS) is 13.0. The first-order valence-electron chi connectivity index (χ1n) is 8.05. The van der Waals surface area contributed by atoms with Gasteiger partial charge in [0.15, 0.2) is 0 Å². The SMILES string of the molecule is CCCNC(CC)c1ccn(Cc2cncn2C(C)C)c1. The molecule has 0 aliphatic heterocycles. The van der Waals surface area contributed by atoms with Crippen LogP contribution in [0, 0.1) is 0 Å². The number of hydrogen-bond donors (Lipinski definition) is 1. The Bertz CT molecular complexity index is 538. The van der Waals surface area contributed by atoms with E-state index < -0.39 is 0 Å². The Balaban J connectivity index is 2.07. The predicted molar refractivity (Wildman–Crippen MR) is 87.5 cm³/mol. The molecule has 0 aromatic carbocycles. The molecule has 0 radical (unpaired) electrons. The molecule has 0 saturated heterocycles. The summed E-state index contributed by atoms with van der Waals surface area (Å²) in [5, 5.41) is 3.61. The lowest BCUT2D eigenvalue weighted by Gasteiger charge is -2.15. The minimum Gasteiger partial charge on any atom is -0.348 e. The zero-order valence-electron chi connectivity index (χ0n) is 13.7. The van der Waals surface area contributed by atoms with Crippen molar-refractivity contribution >= 4 is 0 Å². The van der Waals surface area contributed by atoms with Gasteiger partial charge in [-0.25, -0.2) is 4.98 Å². The van der Waals surface area contributed by atoms with Gasteiger partial charge in [0.2, 0.25) is 0 Å². The van der Waals surface area contributed by atoms with E-state index in [1.165, 1.54) is 17.7 Å². The van der Waals surface area contributed by atoms with Gasteiger partial charge in [0.25, 0.3) is 0 Å². The lowest BCUT2D eigenvalue weighted by molar-refractivity contribution is 0.517. The predicted octanol–water partition coefficient (Wildman–Crippen LogP) is 3.76. The lowest BCUT2D eigenvalue weighted by Crippen LogP contribution is -2.21. The van der Waals surface area contributed by atoms with Crippen LogP contribution in [-0.2, 0) is 6.54 Å². The summed E-state index contributed by atoms with van der Waals surface area (Å²) in [5.41, 5.74) is 2.63. The Morgan fingerprint density at radius 3 is 2.76 bits per heavy atom. The zero-order chi connectivity index (χ0) is 15.2. The average Bonchev–Trinajstić information content (AvgIpc) is 3.10. The number of hydrogen-bond acceptors (Lipinski definition) is 2. The van der Waals surface area contributed by atoms with Gasteiger partial charge in [0, 0.05) is 30.7 Å². The zero-order valence-corrected chi connectivity index (χ0v) is 13.7. The largest absolute Gasteiger partial charge is 0.348 e. The number of nitrogens with zero attached hydrogens (tertiary/aromatic N) is 3. The highest BCUT2D eigenvalue weighted by atomic mass is 15.1. The van der Waals surface area contributed by atoms with Gasteiger partial charge in [0.05, 0.1) is 18.6 Å². The molecule has 1 atom stereocenters. The third-order valence-corrected chi connectivity index (χ3v) is 3.87. The Kier molecular flexibility index (Phi) is 5.62. The second-order valence-corrected chi connectivity index (χ2v) is 5.92.